The molecule has 1 heterocycles. The normalized spacial score (nSPS) is 10.6. The molecule has 0 aliphatic carbocycles. The third-order valence-corrected chi connectivity index (χ3v) is 3.30. The first-order valence-electron chi connectivity index (χ1n) is 6.91. The van der Waals surface area contributed by atoms with Gasteiger partial charge in [0.15, 0.2) is 0 Å². The number of nitroso groups, excluding NO2 is 1. The average molecular weight is 282 g/mol. The van der Waals surface area contributed by atoms with Crippen molar-refractivity contribution in [2.24, 2.45) is 19.3 Å². The van der Waals surface area contributed by atoms with Crippen molar-refractivity contribution < 1.29 is 0 Å². The fourth-order valence-corrected chi connectivity index (χ4v) is 2.05. The first kappa shape index (κ1) is 16.1. The Balaban J connectivity index is 2.82. The van der Waals surface area contributed by atoms with Crippen molar-refractivity contribution in [3.05, 3.63) is 25.7 Å². The van der Waals surface area contributed by atoms with Gasteiger partial charge in [-0.2, -0.15) is 0 Å². The predicted octanol–water partition coefficient (Wildman–Crippen LogP) is 1.86. The van der Waals surface area contributed by atoms with E-state index in [0.717, 1.165) is 23.8 Å². The monoisotopic (exact) mass is 282 g/mol. The zero-order chi connectivity index (χ0) is 15.1. The summed E-state index contributed by atoms with van der Waals surface area (Å²) in [5, 5.41) is 5.73. The molecule has 0 aromatic carbocycles. The Labute approximate surface area is 117 Å². The highest BCUT2D eigenvalue weighted by molar-refractivity contribution is 5.59. The molecule has 0 bridgehead atoms. The van der Waals surface area contributed by atoms with Crippen LogP contribution in [0.25, 0.3) is 0 Å². The quantitative estimate of drug-likeness (QED) is 0.582. The van der Waals surface area contributed by atoms with E-state index < -0.39 is 11.2 Å². The number of rotatable bonds is 8. The third-order valence-electron chi connectivity index (χ3n) is 3.30. The minimum Gasteiger partial charge on any atom is -0.369 e. The molecule has 1 N–H and O–H groups in total. The molecule has 0 amide bonds. The zero-order valence-electron chi connectivity index (χ0n) is 12.3. The largest absolute Gasteiger partial charge is 0.369 e. The van der Waals surface area contributed by atoms with Crippen LogP contribution in [0, 0.1) is 4.91 Å². The van der Waals surface area contributed by atoms with Gasteiger partial charge in [0.05, 0.1) is 0 Å². The summed E-state index contributed by atoms with van der Waals surface area (Å²) in [4.78, 5) is 34.4. The van der Waals surface area contributed by atoms with Gasteiger partial charge in [0.25, 0.3) is 5.56 Å². The van der Waals surface area contributed by atoms with Gasteiger partial charge in [0, 0.05) is 20.6 Å². The number of hydrogen-bond donors (Lipinski definition) is 1. The molecule has 1 aromatic heterocycles. The molecule has 0 atom stereocenters. The van der Waals surface area contributed by atoms with Crippen LogP contribution >= 0.6 is 0 Å². The van der Waals surface area contributed by atoms with E-state index in [1.54, 1.807) is 0 Å². The van der Waals surface area contributed by atoms with Gasteiger partial charge in [-0.05, 0) is 11.6 Å². The third kappa shape index (κ3) is 3.55. The molecule has 1 rings (SSSR count). The Kier molecular flexibility index (Phi) is 6.14. The van der Waals surface area contributed by atoms with Gasteiger partial charge in [-0.3, -0.25) is 13.9 Å². The van der Waals surface area contributed by atoms with Crippen molar-refractivity contribution >= 4 is 11.5 Å². The summed E-state index contributed by atoms with van der Waals surface area (Å²) in [6, 6.07) is 0. The van der Waals surface area contributed by atoms with Crippen molar-refractivity contribution in [2.45, 2.75) is 39.0 Å². The molecule has 0 unspecified atom stereocenters. The highest BCUT2D eigenvalue weighted by Crippen LogP contribution is 2.17. The Bertz CT molecular complexity index is 574. The van der Waals surface area contributed by atoms with Gasteiger partial charge in [0.2, 0.25) is 5.69 Å². The smallest absolute Gasteiger partial charge is 0.332 e. The SMILES string of the molecule is CCCCCCCNc1c(N=O)c(=O)n(C)c(=O)n1C. The number of nitrogens with one attached hydrogen (secondary N) is 1. The topological polar surface area (TPSA) is 85.5 Å². The second-order valence-electron chi connectivity index (χ2n) is 4.84. The van der Waals surface area contributed by atoms with E-state index in [-0.39, 0.29) is 11.5 Å². The summed E-state index contributed by atoms with van der Waals surface area (Å²) in [5.41, 5.74) is -1.39. The van der Waals surface area contributed by atoms with Crippen molar-refractivity contribution in [1.82, 2.24) is 9.13 Å². The van der Waals surface area contributed by atoms with Crippen LogP contribution < -0.4 is 16.6 Å². The van der Waals surface area contributed by atoms with E-state index >= 15 is 0 Å². The summed E-state index contributed by atoms with van der Waals surface area (Å²) in [6.45, 7) is 2.75. The van der Waals surface area contributed by atoms with Gasteiger partial charge in [-0.1, -0.05) is 32.6 Å². The van der Waals surface area contributed by atoms with Crippen molar-refractivity contribution in [3.63, 3.8) is 0 Å². The number of anilines is 1. The number of aromatic nitrogens is 2. The van der Waals surface area contributed by atoms with Crippen LogP contribution in [-0.2, 0) is 14.1 Å². The Morgan fingerprint density at radius 1 is 1.05 bits per heavy atom. The summed E-state index contributed by atoms with van der Waals surface area (Å²) in [7, 11) is 2.84. The van der Waals surface area contributed by atoms with E-state index in [1.807, 2.05) is 0 Å². The maximum Gasteiger partial charge on any atom is 0.332 e. The molecule has 112 valence electrons. The number of nitrogens with zero attached hydrogens (tertiary/aromatic N) is 3. The Morgan fingerprint density at radius 2 is 1.70 bits per heavy atom. The van der Waals surface area contributed by atoms with E-state index in [2.05, 4.69) is 17.4 Å². The van der Waals surface area contributed by atoms with Gasteiger partial charge < -0.3 is 5.32 Å². The van der Waals surface area contributed by atoms with Crippen LogP contribution in [0.3, 0.4) is 0 Å². The molecule has 0 saturated heterocycles. The minimum absolute atomic E-state index is 0.198. The minimum atomic E-state index is -0.670. The predicted molar refractivity (Wildman–Crippen MR) is 79.6 cm³/mol. The summed E-state index contributed by atoms with van der Waals surface area (Å²) in [5.74, 6) is 0.198. The van der Waals surface area contributed by atoms with Crippen LogP contribution in [0.5, 0.6) is 0 Å². The molecule has 7 heteroatoms. The van der Waals surface area contributed by atoms with Gasteiger partial charge in [0.1, 0.15) is 5.82 Å². The molecular weight excluding hydrogens is 260 g/mol. The van der Waals surface area contributed by atoms with E-state index in [1.165, 1.54) is 31.5 Å². The van der Waals surface area contributed by atoms with Crippen molar-refractivity contribution in [2.75, 3.05) is 11.9 Å². The number of hydrogen-bond acceptors (Lipinski definition) is 5. The van der Waals surface area contributed by atoms with Crippen LogP contribution in [-0.4, -0.2) is 15.7 Å². The van der Waals surface area contributed by atoms with Crippen LogP contribution in [0.1, 0.15) is 39.0 Å². The summed E-state index contributed by atoms with van der Waals surface area (Å²) in [6.07, 6.45) is 5.53. The van der Waals surface area contributed by atoms with Crippen LogP contribution in [0.15, 0.2) is 14.8 Å². The van der Waals surface area contributed by atoms with Crippen LogP contribution in [0.2, 0.25) is 0 Å². The maximum absolute atomic E-state index is 11.8. The second-order valence-corrected chi connectivity index (χ2v) is 4.84. The van der Waals surface area contributed by atoms with E-state index in [4.69, 9.17) is 0 Å². The molecule has 0 spiro atoms. The van der Waals surface area contributed by atoms with Gasteiger partial charge >= 0.3 is 5.69 Å². The standard InChI is InChI=1S/C13H22N4O3/c1-4-5-6-7-8-9-14-11-10(15-20)12(18)17(3)13(19)16(11)2/h14H,4-9H2,1-3H3. The molecule has 1 aromatic rings. The van der Waals surface area contributed by atoms with Crippen molar-refractivity contribution in [3.8, 4) is 0 Å². The van der Waals surface area contributed by atoms with Gasteiger partial charge in [-0.15, -0.1) is 4.91 Å². The lowest BCUT2D eigenvalue weighted by Gasteiger charge is -2.13. The highest BCUT2D eigenvalue weighted by Gasteiger charge is 2.15. The molecule has 0 radical (unpaired) electrons. The first-order chi connectivity index (χ1) is 9.54. The lowest BCUT2D eigenvalue weighted by atomic mass is 10.1. The number of unbranched alkanes of at least 4 members (excludes halogenated alkanes) is 4. The second kappa shape index (κ2) is 7.62. The Hall–Kier alpha value is -1.92. The van der Waals surface area contributed by atoms with Crippen molar-refractivity contribution in [1.29, 1.82) is 0 Å². The fraction of sp³-hybridized carbons (Fsp3) is 0.692. The van der Waals surface area contributed by atoms with Gasteiger partial charge in [-0.25, -0.2) is 4.79 Å². The molecule has 0 aliphatic heterocycles. The maximum atomic E-state index is 11.8. The molecule has 0 fully saturated rings. The summed E-state index contributed by atoms with van der Waals surface area (Å²) >= 11 is 0. The molecular formula is C13H22N4O3. The fourth-order valence-electron chi connectivity index (χ4n) is 2.05. The molecule has 7 nitrogen and oxygen atoms in total. The summed E-state index contributed by atoms with van der Waals surface area (Å²) < 4.78 is 2.12. The molecule has 0 aliphatic rings. The zero-order valence-corrected chi connectivity index (χ0v) is 12.3. The Morgan fingerprint density at radius 3 is 2.30 bits per heavy atom. The average Bonchev–Trinajstić information content (AvgIpc) is 2.45. The highest BCUT2D eigenvalue weighted by atomic mass is 16.3. The molecule has 20 heavy (non-hydrogen) atoms. The molecule has 0 saturated carbocycles. The lowest BCUT2D eigenvalue weighted by molar-refractivity contribution is 0.640. The van der Waals surface area contributed by atoms with E-state index in [0.29, 0.717) is 6.54 Å². The van der Waals surface area contributed by atoms with E-state index in [9.17, 15) is 14.5 Å². The lowest BCUT2D eigenvalue weighted by Crippen LogP contribution is -2.38. The van der Waals surface area contributed by atoms with Crippen LogP contribution in [0.4, 0.5) is 11.5 Å². The first-order valence-corrected chi connectivity index (χ1v) is 6.91.